The molecule has 2 aromatic rings. The topological polar surface area (TPSA) is 63.7 Å². The summed E-state index contributed by atoms with van der Waals surface area (Å²) in [6.07, 6.45) is 0.431. The summed E-state index contributed by atoms with van der Waals surface area (Å²) in [6.45, 7) is 6.24. The van der Waals surface area contributed by atoms with Gasteiger partial charge in [0.05, 0.1) is 11.5 Å². The van der Waals surface area contributed by atoms with Crippen molar-refractivity contribution in [3.05, 3.63) is 64.2 Å². The van der Waals surface area contributed by atoms with Crippen LogP contribution in [0.4, 0.5) is 0 Å². The minimum absolute atomic E-state index is 0.0229. The Bertz CT molecular complexity index is 1020. The van der Waals surface area contributed by atoms with Crippen LogP contribution < -0.4 is 4.74 Å². The molecule has 1 fully saturated rings. The van der Waals surface area contributed by atoms with Crippen molar-refractivity contribution >= 4 is 27.3 Å². The second-order valence-corrected chi connectivity index (χ2v) is 10.8. The molecule has 1 unspecified atom stereocenters. The number of ether oxygens (including phenoxy) is 1. The summed E-state index contributed by atoms with van der Waals surface area (Å²) in [5.74, 6) is 0.781. The molecule has 7 heteroatoms. The van der Waals surface area contributed by atoms with Gasteiger partial charge in [-0.2, -0.15) is 0 Å². The molecule has 0 saturated carbocycles. The van der Waals surface area contributed by atoms with Crippen LogP contribution in [0.2, 0.25) is 5.02 Å². The summed E-state index contributed by atoms with van der Waals surface area (Å²) < 4.78 is 30.0. The van der Waals surface area contributed by atoms with Crippen LogP contribution in [0.3, 0.4) is 0 Å². The molecule has 1 heterocycles. The van der Waals surface area contributed by atoms with Gasteiger partial charge in [0.2, 0.25) is 0 Å². The average molecular weight is 450 g/mol. The number of carbonyl (C=O) groups excluding carboxylic acids is 1. The van der Waals surface area contributed by atoms with E-state index in [0.29, 0.717) is 17.2 Å². The van der Waals surface area contributed by atoms with E-state index in [4.69, 9.17) is 16.3 Å². The number of hydrogen-bond acceptors (Lipinski definition) is 4. The molecular formula is C23H28ClNO4S. The third-order valence-electron chi connectivity index (χ3n) is 5.41. The number of rotatable bonds is 7. The predicted molar refractivity (Wildman–Crippen MR) is 120 cm³/mol. The fourth-order valence-corrected chi connectivity index (χ4v) is 5.64. The monoisotopic (exact) mass is 449 g/mol. The van der Waals surface area contributed by atoms with Gasteiger partial charge in [-0.3, -0.25) is 4.79 Å². The highest BCUT2D eigenvalue weighted by atomic mass is 35.5. The minimum Gasteiger partial charge on any atom is -0.483 e. The summed E-state index contributed by atoms with van der Waals surface area (Å²) in [5.41, 5.74) is 2.88. The van der Waals surface area contributed by atoms with Gasteiger partial charge >= 0.3 is 0 Å². The maximum absolute atomic E-state index is 13.2. The number of amides is 1. The fourth-order valence-electron chi connectivity index (χ4n) is 3.72. The van der Waals surface area contributed by atoms with Crippen molar-refractivity contribution in [2.75, 3.05) is 18.1 Å². The molecule has 1 aliphatic rings. The fraction of sp³-hybridized carbons (Fsp3) is 0.435. The Balaban J connectivity index is 1.80. The Labute approximate surface area is 183 Å². The third kappa shape index (κ3) is 5.55. The summed E-state index contributed by atoms with van der Waals surface area (Å²) in [6, 6.07) is 12.9. The highest BCUT2D eigenvalue weighted by Gasteiger charge is 2.35. The number of sulfone groups is 1. The summed E-state index contributed by atoms with van der Waals surface area (Å²) in [5, 5.41) is 0.554. The van der Waals surface area contributed by atoms with Crippen LogP contribution in [0.15, 0.2) is 42.5 Å². The lowest BCUT2D eigenvalue weighted by atomic mass is 10.0. The van der Waals surface area contributed by atoms with Gasteiger partial charge in [0.1, 0.15) is 5.75 Å². The second kappa shape index (κ2) is 9.40. The van der Waals surface area contributed by atoms with Crippen molar-refractivity contribution < 1.29 is 17.9 Å². The number of nitrogens with zero attached hydrogens (tertiary/aromatic N) is 1. The summed E-state index contributed by atoms with van der Waals surface area (Å²) in [4.78, 5) is 14.8. The normalized spacial score (nSPS) is 17.8. The standard InChI is InChI=1S/C23H28ClNO4S/c1-16(2)20-9-8-17(3)12-22(20)29-14-23(26)25(19-10-11-30(27,28)15-19)13-18-6-4-5-7-21(18)24/h4-9,12,16,19H,10-11,13-15H2,1-3H3. The summed E-state index contributed by atoms with van der Waals surface area (Å²) in [7, 11) is -3.13. The third-order valence-corrected chi connectivity index (χ3v) is 7.53. The van der Waals surface area contributed by atoms with Crippen molar-refractivity contribution in [2.45, 2.75) is 45.7 Å². The van der Waals surface area contributed by atoms with Crippen molar-refractivity contribution in [1.82, 2.24) is 4.90 Å². The number of aryl methyl sites for hydroxylation is 1. The Morgan fingerprint density at radius 1 is 1.23 bits per heavy atom. The maximum atomic E-state index is 13.2. The van der Waals surface area contributed by atoms with Gasteiger partial charge in [-0.15, -0.1) is 0 Å². The van der Waals surface area contributed by atoms with E-state index in [2.05, 4.69) is 13.8 Å². The largest absolute Gasteiger partial charge is 0.483 e. The van der Waals surface area contributed by atoms with E-state index in [1.165, 1.54) is 0 Å². The van der Waals surface area contributed by atoms with Crippen molar-refractivity contribution in [3.63, 3.8) is 0 Å². The molecule has 2 aromatic carbocycles. The zero-order valence-electron chi connectivity index (χ0n) is 17.6. The van der Waals surface area contributed by atoms with Crippen LogP contribution in [-0.4, -0.2) is 43.4 Å². The van der Waals surface area contributed by atoms with E-state index >= 15 is 0 Å². The van der Waals surface area contributed by atoms with Crippen molar-refractivity contribution in [1.29, 1.82) is 0 Å². The van der Waals surface area contributed by atoms with Gasteiger partial charge in [0.25, 0.3) is 5.91 Å². The molecule has 0 aromatic heterocycles. The molecule has 0 bridgehead atoms. The Kier molecular flexibility index (Phi) is 7.09. The zero-order chi connectivity index (χ0) is 21.9. The van der Waals surface area contributed by atoms with Gasteiger partial charge in [-0.25, -0.2) is 8.42 Å². The maximum Gasteiger partial charge on any atom is 0.261 e. The van der Waals surface area contributed by atoms with Crippen LogP contribution in [-0.2, 0) is 21.2 Å². The molecule has 0 spiro atoms. The lowest BCUT2D eigenvalue weighted by Gasteiger charge is -2.29. The number of carbonyl (C=O) groups is 1. The molecule has 1 atom stereocenters. The molecule has 0 aliphatic carbocycles. The number of halogens is 1. The average Bonchev–Trinajstić information content (AvgIpc) is 3.04. The number of hydrogen-bond donors (Lipinski definition) is 0. The molecule has 1 amide bonds. The molecule has 30 heavy (non-hydrogen) atoms. The van der Waals surface area contributed by atoms with Gasteiger partial charge in [0.15, 0.2) is 16.4 Å². The molecule has 0 radical (unpaired) electrons. The lowest BCUT2D eigenvalue weighted by Crippen LogP contribution is -2.43. The first-order chi connectivity index (χ1) is 14.2. The van der Waals surface area contributed by atoms with E-state index < -0.39 is 9.84 Å². The van der Waals surface area contributed by atoms with Crippen LogP contribution >= 0.6 is 11.6 Å². The smallest absolute Gasteiger partial charge is 0.261 e. The first-order valence-corrected chi connectivity index (χ1v) is 12.3. The predicted octanol–water partition coefficient (Wildman–Crippen LogP) is 4.37. The van der Waals surface area contributed by atoms with Crippen molar-refractivity contribution in [2.24, 2.45) is 0 Å². The molecule has 162 valence electrons. The Morgan fingerprint density at radius 3 is 2.60 bits per heavy atom. The minimum atomic E-state index is -3.13. The zero-order valence-corrected chi connectivity index (χ0v) is 19.2. The SMILES string of the molecule is Cc1ccc(C(C)C)c(OCC(=O)N(Cc2ccccc2Cl)C2CCS(=O)(=O)C2)c1. The Morgan fingerprint density at radius 2 is 1.97 bits per heavy atom. The molecule has 1 aliphatic heterocycles. The molecule has 0 N–H and O–H groups in total. The highest BCUT2D eigenvalue weighted by molar-refractivity contribution is 7.91. The van der Waals surface area contributed by atoms with Crippen LogP contribution in [0.1, 0.15) is 42.9 Å². The molecule has 3 rings (SSSR count). The molecular weight excluding hydrogens is 422 g/mol. The van der Waals surface area contributed by atoms with Crippen LogP contribution in [0.25, 0.3) is 0 Å². The van der Waals surface area contributed by atoms with E-state index in [1.807, 2.05) is 43.3 Å². The molecule has 1 saturated heterocycles. The van der Waals surface area contributed by atoms with Gasteiger partial charge < -0.3 is 9.64 Å². The van der Waals surface area contributed by atoms with E-state index in [-0.39, 0.29) is 42.5 Å². The quantitative estimate of drug-likeness (QED) is 0.629. The lowest BCUT2D eigenvalue weighted by molar-refractivity contribution is -0.136. The Hall–Kier alpha value is -2.05. The van der Waals surface area contributed by atoms with Gasteiger partial charge in [-0.05, 0) is 48.1 Å². The summed E-state index contributed by atoms with van der Waals surface area (Å²) >= 11 is 6.29. The highest BCUT2D eigenvalue weighted by Crippen LogP contribution is 2.28. The first-order valence-electron chi connectivity index (χ1n) is 10.1. The van der Waals surface area contributed by atoms with Crippen LogP contribution in [0.5, 0.6) is 5.75 Å². The van der Waals surface area contributed by atoms with Crippen molar-refractivity contribution in [3.8, 4) is 5.75 Å². The van der Waals surface area contributed by atoms with Crippen LogP contribution in [0, 0.1) is 6.92 Å². The number of benzene rings is 2. The van der Waals surface area contributed by atoms with E-state index in [9.17, 15) is 13.2 Å². The van der Waals surface area contributed by atoms with E-state index in [1.54, 1.807) is 11.0 Å². The van der Waals surface area contributed by atoms with E-state index in [0.717, 1.165) is 16.7 Å². The van der Waals surface area contributed by atoms with Gasteiger partial charge in [0, 0.05) is 17.6 Å². The first kappa shape index (κ1) is 22.6. The second-order valence-electron chi connectivity index (χ2n) is 8.15. The van der Waals surface area contributed by atoms with Gasteiger partial charge in [-0.1, -0.05) is 55.8 Å². The molecule has 5 nitrogen and oxygen atoms in total.